The lowest BCUT2D eigenvalue weighted by atomic mass is 10.3. The third-order valence-corrected chi connectivity index (χ3v) is 4.87. The van der Waals surface area contributed by atoms with E-state index < -0.39 is 0 Å². The highest BCUT2D eigenvalue weighted by Gasteiger charge is 2.18. The highest BCUT2D eigenvalue weighted by Crippen LogP contribution is 2.27. The van der Waals surface area contributed by atoms with Gasteiger partial charge in [-0.1, -0.05) is 23.2 Å². The zero-order valence-electron chi connectivity index (χ0n) is 11.4. The Hall–Kier alpha value is -1.04. The number of aryl methyl sites for hydroxylation is 1. The van der Waals surface area contributed by atoms with E-state index in [9.17, 15) is 4.79 Å². The van der Waals surface area contributed by atoms with Gasteiger partial charge in [0, 0.05) is 26.1 Å². The molecule has 0 radical (unpaired) electrons. The summed E-state index contributed by atoms with van der Waals surface area (Å²) in [5, 5.41) is 0.971. The molecule has 1 saturated heterocycles. The van der Waals surface area contributed by atoms with E-state index in [2.05, 4.69) is 4.98 Å². The molecule has 4 nitrogen and oxygen atoms in total. The first-order chi connectivity index (χ1) is 10.1. The highest BCUT2D eigenvalue weighted by atomic mass is 35.5. The maximum absolute atomic E-state index is 12.1. The van der Waals surface area contributed by atoms with Crippen LogP contribution in [-0.2, 0) is 11.3 Å². The molecule has 0 atom stereocenters. The molecular formula is C14H15Cl2N3OS. The van der Waals surface area contributed by atoms with Gasteiger partial charge in [-0.25, -0.2) is 0 Å². The molecule has 0 spiro atoms. The van der Waals surface area contributed by atoms with Crippen molar-refractivity contribution in [3.05, 3.63) is 26.9 Å². The lowest BCUT2D eigenvalue weighted by molar-refractivity contribution is -0.130. The third-order valence-electron chi connectivity index (χ3n) is 3.82. The Morgan fingerprint density at radius 2 is 1.90 bits per heavy atom. The number of nitrogens with zero attached hydrogens (tertiary/aromatic N) is 2. The molecule has 0 aliphatic carbocycles. The van der Waals surface area contributed by atoms with Gasteiger partial charge in [-0.3, -0.25) is 4.79 Å². The van der Waals surface area contributed by atoms with Gasteiger partial charge >= 0.3 is 0 Å². The molecule has 3 rings (SSSR count). The zero-order chi connectivity index (χ0) is 15.0. The van der Waals surface area contributed by atoms with Crippen LogP contribution in [0.5, 0.6) is 0 Å². The quantitative estimate of drug-likeness (QED) is 0.855. The Morgan fingerprint density at radius 1 is 1.24 bits per heavy atom. The molecule has 7 heteroatoms. The second kappa shape index (κ2) is 5.99. The van der Waals surface area contributed by atoms with Crippen molar-refractivity contribution in [3.8, 4) is 0 Å². The molecule has 1 amide bonds. The lowest BCUT2D eigenvalue weighted by Gasteiger charge is -2.15. The number of hydrogen-bond acceptors (Lipinski definition) is 2. The Bertz CT molecular complexity index is 746. The van der Waals surface area contributed by atoms with Crippen molar-refractivity contribution in [2.24, 2.45) is 0 Å². The van der Waals surface area contributed by atoms with Gasteiger partial charge < -0.3 is 14.5 Å². The Kier molecular flexibility index (Phi) is 4.24. The van der Waals surface area contributed by atoms with Gasteiger partial charge in [-0.2, -0.15) is 0 Å². The summed E-state index contributed by atoms with van der Waals surface area (Å²) in [7, 11) is 0. The molecule has 0 bridgehead atoms. The Balaban J connectivity index is 1.83. The number of likely N-dealkylation sites (tertiary alicyclic amines) is 1. The van der Waals surface area contributed by atoms with Crippen molar-refractivity contribution in [1.29, 1.82) is 0 Å². The van der Waals surface area contributed by atoms with Crippen molar-refractivity contribution in [2.45, 2.75) is 25.8 Å². The number of benzene rings is 1. The number of aromatic amines is 1. The first-order valence-electron chi connectivity index (χ1n) is 6.91. The number of imidazole rings is 1. The molecule has 0 saturated carbocycles. The van der Waals surface area contributed by atoms with E-state index in [1.165, 1.54) is 0 Å². The van der Waals surface area contributed by atoms with Crippen molar-refractivity contribution in [3.63, 3.8) is 0 Å². The largest absolute Gasteiger partial charge is 0.343 e. The van der Waals surface area contributed by atoms with Crippen LogP contribution in [0.2, 0.25) is 10.0 Å². The summed E-state index contributed by atoms with van der Waals surface area (Å²) in [4.78, 5) is 17.1. The van der Waals surface area contributed by atoms with E-state index in [-0.39, 0.29) is 5.91 Å². The SMILES string of the molecule is O=C(CCn1c(=S)[nH]c2cc(Cl)c(Cl)cc21)N1CCCC1. The molecule has 1 fully saturated rings. The van der Waals surface area contributed by atoms with Crippen LogP contribution < -0.4 is 0 Å². The fourth-order valence-electron chi connectivity index (χ4n) is 2.71. The van der Waals surface area contributed by atoms with Crippen LogP contribution in [0.15, 0.2) is 12.1 Å². The van der Waals surface area contributed by atoms with E-state index >= 15 is 0 Å². The minimum Gasteiger partial charge on any atom is -0.343 e. The van der Waals surface area contributed by atoms with Crippen LogP contribution in [0.1, 0.15) is 19.3 Å². The first kappa shape index (κ1) is 14.9. The summed E-state index contributed by atoms with van der Waals surface area (Å²) in [5.74, 6) is 0.184. The average Bonchev–Trinajstić information content (AvgIpc) is 3.06. The summed E-state index contributed by atoms with van der Waals surface area (Å²) in [6, 6.07) is 3.54. The second-order valence-corrected chi connectivity index (χ2v) is 6.40. The predicted octanol–water partition coefficient (Wildman–Crippen LogP) is 4.02. The first-order valence-corrected chi connectivity index (χ1v) is 8.08. The normalized spacial score (nSPS) is 15.0. The molecule has 1 aromatic carbocycles. The molecule has 1 aromatic heterocycles. The van der Waals surface area contributed by atoms with Crippen LogP contribution in [0.4, 0.5) is 0 Å². The number of amides is 1. The standard InChI is InChI=1S/C14H15Cl2N3OS/c15-9-7-11-12(8-10(9)16)19(14(21)17-11)6-3-13(20)18-4-1-2-5-18/h7-8H,1-6H2,(H,17,21). The summed E-state index contributed by atoms with van der Waals surface area (Å²) in [6.07, 6.45) is 2.65. The Morgan fingerprint density at radius 3 is 2.62 bits per heavy atom. The smallest absolute Gasteiger partial charge is 0.224 e. The van der Waals surface area contributed by atoms with E-state index in [1.54, 1.807) is 12.1 Å². The van der Waals surface area contributed by atoms with Gasteiger partial charge in [0.25, 0.3) is 0 Å². The minimum atomic E-state index is 0.184. The van der Waals surface area contributed by atoms with Crippen LogP contribution in [0.3, 0.4) is 0 Å². The van der Waals surface area contributed by atoms with Crippen molar-refractivity contribution >= 4 is 52.4 Å². The summed E-state index contributed by atoms with van der Waals surface area (Å²) in [5.41, 5.74) is 1.71. The zero-order valence-corrected chi connectivity index (χ0v) is 13.7. The van der Waals surface area contributed by atoms with Gasteiger partial charge in [0.05, 0.1) is 21.1 Å². The maximum Gasteiger partial charge on any atom is 0.224 e. The number of halogens is 2. The summed E-state index contributed by atoms with van der Waals surface area (Å²) in [6.45, 7) is 2.30. The van der Waals surface area contributed by atoms with Gasteiger partial charge in [0.1, 0.15) is 0 Å². The molecule has 1 N–H and O–H groups in total. The van der Waals surface area contributed by atoms with Gasteiger partial charge in [0.15, 0.2) is 4.77 Å². The molecular weight excluding hydrogens is 329 g/mol. The van der Waals surface area contributed by atoms with Crippen molar-refractivity contribution in [1.82, 2.24) is 14.5 Å². The molecule has 0 unspecified atom stereocenters. The summed E-state index contributed by atoms with van der Waals surface area (Å²) < 4.78 is 2.48. The van der Waals surface area contributed by atoms with Crippen LogP contribution >= 0.6 is 35.4 Å². The monoisotopic (exact) mass is 343 g/mol. The molecule has 1 aliphatic heterocycles. The lowest BCUT2D eigenvalue weighted by Crippen LogP contribution is -2.28. The van der Waals surface area contributed by atoms with E-state index in [1.807, 2.05) is 9.47 Å². The molecule has 2 heterocycles. The van der Waals surface area contributed by atoms with E-state index in [0.29, 0.717) is 27.8 Å². The average molecular weight is 344 g/mol. The maximum atomic E-state index is 12.1. The van der Waals surface area contributed by atoms with Gasteiger partial charge in [-0.15, -0.1) is 0 Å². The fourth-order valence-corrected chi connectivity index (χ4v) is 3.33. The highest BCUT2D eigenvalue weighted by molar-refractivity contribution is 7.71. The Labute approximate surface area is 137 Å². The molecule has 1 aliphatic rings. The summed E-state index contributed by atoms with van der Waals surface area (Å²) >= 11 is 17.4. The van der Waals surface area contributed by atoms with Crippen LogP contribution in [-0.4, -0.2) is 33.4 Å². The van der Waals surface area contributed by atoms with Crippen LogP contribution in [0.25, 0.3) is 11.0 Å². The minimum absolute atomic E-state index is 0.184. The topological polar surface area (TPSA) is 41.0 Å². The van der Waals surface area contributed by atoms with Gasteiger partial charge in [-0.05, 0) is 37.2 Å². The van der Waals surface area contributed by atoms with Gasteiger partial charge in [0.2, 0.25) is 5.91 Å². The van der Waals surface area contributed by atoms with Crippen LogP contribution in [0, 0.1) is 4.77 Å². The number of carbonyl (C=O) groups excluding carboxylic acids is 1. The number of fused-ring (bicyclic) bond motifs is 1. The number of rotatable bonds is 3. The molecule has 2 aromatic rings. The van der Waals surface area contributed by atoms with E-state index in [0.717, 1.165) is 37.0 Å². The van der Waals surface area contributed by atoms with E-state index in [4.69, 9.17) is 35.4 Å². The number of carbonyl (C=O) groups is 1. The molecule has 112 valence electrons. The third kappa shape index (κ3) is 2.96. The number of aromatic nitrogens is 2. The number of H-pyrrole nitrogens is 1. The van der Waals surface area contributed by atoms with Crippen molar-refractivity contribution in [2.75, 3.05) is 13.1 Å². The second-order valence-electron chi connectivity index (χ2n) is 5.20. The number of hydrogen-bond donors (Lipinski definition) is 1. The van der Waals surface area contributed by atoms with Crippen molar-refractivity contribution < 1.29 is 4.79 Å². The predicted molar refractivity (Wildman–Crippen MR) is 87.6 cm³/mol. The molecule has 21 heavy (non-hydrogen) atoms. The number of nitrogens with one attached hydrogen (secondary N) is 1. The fraction of sp³-hybridized carbons (Fsp3) is 0.429.